The number of nitrogens with one attached hydrogen (secondary N) is 1. The van der Waals surface area contributed by atoms with Crippen molar-refractivity contribution in [3.63, 3.8) is 0 Å². The topological polar surface area (TPSA) is 41.5 Å². The number of hydrogen-bond acceptors (Lipinski definition) is 3. The first-order chi connectivity index (χ1) is 9.70. The molecule has 0 aliphatic carbocycles. The van der Waals surface area contributed by atoms with Crippen LogP contribution in [0.4, 0.5) is 4.39 Å². The first kappa shape index (κ1) is 14.5. The Balaban J connectivity index is 1.85. The summed E-state index contributed by atoms with van der Waals surface area (Å²) in [4.78, 5) is 0. The van der Waals surface area contributed by atoms with Crippen LogP contribution in [0, 0.1) is 5.82 Å². The molecule has 0 radical (unpaired) electrons. The van der Waals surface area contributed by atoms with E-state index in [2.05, 4.69) is 5.32 Å². The molecule has 106 valence electrons. The molecule has 0 aliphatic rings. The molecule has 0 heterocycles. The number of methoxy groups -OCH3 is 1. The maximum atomic E-state index is 13.5. The second-order valence-corrected chi connectivity index (χ2v) is 4.53. The van der Waals surface area contributed by atoms with Gasteiger partial charge in [0.25, 0.3) is 0 Å². The molecule has 2 N–H and O–H groups in total. The summed E-state index contributed by atoms with van der Waals surface area (Å²) in [5.41, 5.74) is 1.67. The van der Waals surface area contributed by atoms with Crippen LogP contribution in [0.5, 0.6) is 5.75 Å². The van der Waals surface area contributed by atoms with Gasteiger partial charge < -0.3 is 15.2 Å². The lowest BCUT2D eigenvalue weighted by molar-refractivity contribution is 0.174. The van der Waals surface area contributed by atoms with Crippen molar-refractivity contribution < 1.29 is 14.2 Å². The van der Waals surface area contributed by atoms with E-state index in [0.717, 1.165) is 11.1 Å². The number of benzene rings is 2. The lowest BCUT2D eigenvalue weighted by atomic mass is 10.1. The highest BCUT2D eigenvalue weighted by atomic mass is 19.1. The minimum absolute atomic E-state index is 0.234. The third-order valence-electron chi connectivity index (χ3n) is 3.07. The number of hydrogen-bond donors (Lipinski definition) is 2. The summed E-state index contributed by atoms with van der Waals surface area (Å²) in [6, 6.07) is 14.3. The Kier molecular flexibility index (Phi) is 5.09. The summed E-state index contributed by atoms with van der Waals surface area (Å²) >= 11 is 0. The predicted molar refractivity (Wildman–Crippen MR) is 76.1 cm³/mol. The van der Waals surface area contributed by atoms with Crippen LogP contribution in [0.2, 0.25) is 0 Å². The highest BCUT2D eigenvalue weighted by Crippen LogP contribution is 2.17. The van der Waals surface area contributed by atoms with Gasteiger partial charge in [-0.1, -0.05) is 36.4 Å². The van der Waals surface area contributed by atoms with Crippen LogP contribution in [0.1, 0.15) is 17.2 Å². The van der Waals surface area contributed by atoms with Crippen LogP contribution in [0.15, 0.2) is 48.5 Å². The van der Waals surface area contributed by atoms with E-state index in [-0.39, 0.29) is 11.6 Å². The summed E-state index contributed by atoms with van der Waals surface area (Å²) in [6.07, 6.45) is -0.570. The molecule has 0 saturated heterocycles. The van der Waals surface area contributed by atoms with Gasteiger partial charge in [0.05, 0.1) is 13.2 Å². The SMILES string of the molecule is COc1ccc(CNCC(O)c2ccccc2)cc1F. The molecule has 2 rings (SSSR count). The van der Waals surface area contributed by atoms with Gasteiger partial charge in [-0.25, -0.2) is 4.39 Å². The molecule has 0 saturated carbocycles. The van der Waals surface area contributed by atoms with Gasteiger partial charge in [0, 0.05) is 13.1 Å². The van der Waals surface area contributed by atoms with Crippen molar-refractivity contribution in [3.05, 3.63) is 65.5 Å². The summed E-state index contributed by atoms with van der Waals surface area (Å²) in [5.74, 6) is -0.145. The van der Waals surface area contributed by atoms with Gasteiger partial charge in [-0.15, -0.1) is 0 Å². The van der Waals surface area contributed by atoms with Crippen LogP contribution in [-0.2, 0) is 6.54 Å². The lowest BCUT2D eigenvalue weighted by Crippen LogP contribution is -2.21. The van der Waals surface area contributed by atoms with Gasteiger partial charge in [-0.3, -0.25) is 0 Å². The number of rotatable bonds is 6. The maximum absolute atomic E-state index is 13.5. The molecule has 0 spiro atoms. The molecule has 0 fully saturated rings. The van der Waals surface area contributed by atoms with Gasteiger partial charge in [-0.2, -0.15) is 0 Å². The zero-order chi connectivity index (χ0) is 14.4. The summed E-state index contributed by atoms with van der Waals surface area (Å²) < 4.78 is 18.4. The van der Waals surface area contributed by atoms with Gasteiger partial charge >= 0.3 is 0 Å². The van der Waals surface area contributed by atoms with E-state index in [1.807, 2.05) is 30.3 Å². The molecule has 0 aliphatic heterocycles. The summed E-state index contributed by atoms with van der Waals surface area (Å²) in [7, 11) is 1.44. The van der Waals surface area contributed by atoms with Crippen LogP contribution >= 0.6 is 0 Å². The Morgan fingerprint density at radius 3 is 2.60 bits per heavy atom. The highest BCUT2D eigenvalue weighted by molar-refractivity contribution is 5.29. The van der Waals surface area contributed by atoms with Gasteiger partial charge in [0.2, 0.25) is 0 Å². The average Bonchev–Trinajstić information content (AvgIpc) is 2.48. The molecule has 3 nitrogen and oxygen atoms in total. The zero-order valence-electron chi connectivity index (χ0n) is 11.3. The van der Waals surface area contributed by atoms with Gasteiger partial charge in [0.15, 0.2) is 11.6 Å². The molecule has 1 atom stereocenters. The second kappa shape index (κ2) is 7.03. The van der Waals surface area contributed by atoms with Gasteiger partial charge in [0.1, 0.15) is 0 Å². The van der Waals surface area contributed by atoms with E-state index >= 15 is 0 Å². The summed E-state index contributed by atoms with van der Waals surface area (Å²) in [5, 5.41) is 13.1. The Morgan fingerprint density at radius 1 is 1.20 bits per heavy atom. The molecule has 4 heteroatoms. The molecule has 0 amide bonds. The van der Waals surface area contributed by atoms with Gasteiger partial charge in [-0.05, 0) is 23.3 Å². The van der Waals surface area contributed by atoms with Crippen LogP contribution in [0.25, 0.3) is 0 Å². The number of aliphatic hydroxyl groups is 1. The number of aliphatic hydroxyl groups excluding tert-OH is 1. The third kappa shape index (κ3) is 3.79. The monoisotopic (exact) mass is 275 g/mol. The van der Waals surface area contributed by atoms with E-state index in [1.54, 1.807) is 12.1 Å². The van der Waals surface area contributed by atoms with Crippen molar-refractivity contribution in [1.82, 2.24) is 5.32 Å². The van der Waals surface area contributed by atoms with Crippen molar-refractivity contribution in [1.29, 1.82) is 0 Å². The first-order valence-corrected chi connectivity index (χ1v) is 6.47. The van der Waals surface area contributed by atoms with E-state index in [1.165, 1.54) is 13.2 Å². The molecule has 2 aromatic carbocycles. The largest absolute Gasteiger partial charge is 0.494 e. The van der Waals surface area contributed by atoms with Crippen molar-refractivity contribution >= 4 is 0 Å². The molecule has 2 aromatic rings. The molecular formula is C16H18FNO2. The second-order valence-electron chi connectivity index (χ2n) is 4.53. The smallest absolute Gasteiger partial charge is 0.165 e. The Hall–Kier alpha value is -1.91. The molecule has 0 bridgehead atoms. The average molecular weight is 275 g/mol. The number of ether oxygens (including phenoxy) is 1. The van der Waals surface area contributed by atoms with Crippen molar-refractivity contribution in [2.75, 3.05) is 13.7 Å². The van der Waals surface area contributed by atoms with Crippen molar-refractivity contribution in [2.24, 2.45) is 0 Å². The minimum atomic E-state index is -0.570. The van der Waals surface area contributed by atoms with E-state index in [4.69, 9.17) is 4.74 Å². The number of halogens is 1. The fraction of sp³-hybridized carbons (Fsp3) is 0.250. The summed E-state index contributed by atoms with van der Waals surface area (Å²) in [6.45, 7) is 0.905. The Labute approximate surface area is 118 Å². The van der Waals surface area contributed by atoms with E-state index in [9.17, 15) is 9.50 Å². The standard InChI is InChI=1S/C16H18FNO2/c1-20-16-8-7-12(9-14(16)17)10-18-11-15(19)13-5-3-2-4-6-13/h2-9,15,18-19H,10-11H2,1H3. The fourth-order valence-electron chi connectivity index (χ4n) is 1.97. The molecular weight excluding hydrogens is 257 g/mol. The van der Waals surface area contributed by atoms with Crippen LogP contribution in [0.3, 0.4) is 0 Å². The van der Waals surface area contributed by atoms with Crippen LogP contribution in [-0.4, -0.2) is 18.8 Å². The lowest BCUT2D eigenvalue weighted by Gasteiger charge is -2.12. The Morgan fingerprint density at radius 2 is 1.95 bits per heavy atom. The fourth-order valence-corrected chi connectivity index (χ4v) is 1.97. The molecule has 0 aromatic heterocycles. The van der Waals surface area contributed by atoms with E-state index < -0.39 is 6.10 Å². The van der Waals surface area contributed by atoms with E-state index in [0.29, 0.717) is 13.1 Å². The maximum Gasteiger partial charge on any atom is 0.165 e. The normalized spacial score (nSPS) is 12.2. The predicted octanol–water partition coefficient (Wildman–Crippen LogP) is 2.66. The quantitative estimate of drug-likeness (QED) is 0.851. The minimum Gasteiger partial charge on any atom is -0.494 e. The van der Waals surface area contributed by atoms with Crippen molar-refractivity contribution in [2.45, 2.75) is 12.6 Å². The Bertz CT molecular complexity index is 545. The zero-order valence-corrected chi connectivity index (χ0v) is 11.3. The van der Waals surface area contributed by atoms with Crippen molar-refractivity contribution in [3.8, 4) is 5.75 Å². The third-order valence-corrected chi connectivity index (χ3v) is 3.07. The molecule has 1 unspecified atom stereocenters. The van der Waals surface area contributed by atoms with Crippen LogP contribution < -0.4 is 10.1 Å². The highest BCUT2D eigenvalue weighted by Gasteiger charge is 2.07. The molecule has 20 heavy (non-hydrogen) atoms. The first-order valence-electron chi connectivity index (χ1n) is 6.47.